The zero-order valence-electron chi connectivity index (χ0n) is 21.9. The number of nitriles is 1. The van der Waals surface area contributed by atoms with Crippen LogP contribution in [0.2, 0.25) is 0 Å². The number of nitrogens with one attached hydrogen (secondary N) is 3. The highest BCUT2D eigenvalue weighted by atomic mass is 19.4. The molecule has 13 heteroatoms. The maximum atomic E-state index is 14.0. The molecule has 39 heavy (non-hydrogen) atoms. The number of rotatable bonds is 7. The molecule has 0 radical (unpaired) electrons. The van der Waals surface area contributed by atoms with Crippen molar-refractivity contribution in [2.24, 2.45) is 29.6 Å². The minimum Gasteiger partial charge on any atom is -0.356 e. The van der Waals surface area contributed by atoms with Gasteiger partial charge in [0.1, 0.15) is 18.1 Å². The Balaban J connectivity index is 1.34. The maximum absolute atomic E-state index is 14.0. The molecular formula is C26H35F3N6O4. The number of amides is 4. The van der Waals surface area contributed by atoms with Gasteiger partial charge in [0.2, 0.25) is 17.7 Å². The smallest absolute Gasteiger partial charge is 0.356 e. The lowest BCUT2D eigenvalue weighted by Gasteiger charge is -2.38. The number of fused-ring (bicyclic) bond motifs is 3. The lowest BCUT2D eigenvalue weighted by atomic mass is 9.91. The third-order valence-corrected chi connectivity index (χ3v) is 9.52. The lowest BCUT2D eigenvalue weighted by molar-refractivity contribution is -0.176. The van der Waals surface area contributed by atoms with Crippen molar-refractivity contribution >= 4 is 23.6 Å². The Hall–Kier alpha value is -2.88. The second-order valence-corrected chi connectivity index (χ2v) is 12.0. The lowest BCUT2D eigenvalue weighted by Crippen LogP contribution is -2.61. The van der Waals surface area contributed by atoms with Crippen LogP contribution in [-0.2, 0) is 19.2 Å². The number of piperidine rings is 1. The standard InChI is InChI=1S/C26H35F3N6O4/c1-34-11-16-6-15(7-17(16)12-34)20(33-25(39)26(27,28)29)24(38)35-19-3-2-13(9-19)21(35)23(37)32-18(10-30)8-14-4-5-31-22(14)36/h13-21H,2-9,11-12H2,1H3,(H,31,36)(H,32,37)(H,33,39)/t13-,14-,15?,16?,17?,18-,19+,20-,21-/m0/s1. The van der Waals surface area contributed by atoms with E-state index < -0.39 is 53.9 Å². The number of hydrogen-bond acceptors (Lipinski definition) is 6. The van der Waals surface area contributed by atoms with E-state index in [1.165, 1.54) is 4.90 Å². The van der Waals surface area contributed by atoms with Crippen molar-refractivity contribution in [2.75, 3.05) is 26.7 Å². The molecule has 0 aromatic carbocycles. The van der Waals surface area contributed by atoms with E-state index in [-0.39, 0.29) is 36.1 Å². The van der Waals surface area contributed by atoms with Gasteiger partial charge in [-0.2, -0.15) is 18.4 Å². The normalized spacial score (nSPS) is 35.3. The summed E-state index contributed by atoms with van der Waals surface area (Å²) in [6, 6.07) is -1.52. The highest BCUT2D eigenvalue weighted by molar-refractivity contribution is 5.94. The largest absolute Gasteiger partial charge is 0.471 e. The SMILES string of the molecule is CN1CC2CC([C@H](NC(=O)C(F)(F)F)C(=O)N3[C@@H]4CC[C@@H](C4)[C@H]3C(=O)N[C@H](C#N)C[C@@H]3CCNC3=O)CC2C1. The van der Waals surface area contributed by atoms with Gasteiger partial charge in [-0.05, 0) is 75.7 Å². The second-order valence-electron chi connectivity index (χ2n) is 12.0. The number of carbonyl (C=O) groups is 4. The minimum absolute atomic E-state index is 0.145. The van der Waals surface area contributed by atoms with E-state index >= 15 is 0 Å². The van der Waals surface area contributed by atoms with E-state index in [0.717, 1.165) is 13.1 Å². The van der Waals surface area contributed by atoms with Gasteiger partial charge in [0, 0.05) is 31.6 Å². The Bertz CT molecular complexity index is 1050. The fraction of sp³-hybridized carbons (Fsp3) is 0.808. The first-order valence-electron chi connectivity index (χ1n) is 13.8. The summed E-state index contributed by atoms with van der Waals surface area (Å²) >= 11 is 0. The van der Waals surface area contributed by atoms with E-state index in [9.17, 15) is 37.6 Å². The van der Waals surface area contributed by atoms with Gasteiger partial charge in [-0.25, -0.2) is 0 Å². The van der Waals surface area contributed by atoms with Gasteiger partial charge >= 0.3 is 12.1 Å². The molecule has 5 aliphatic rings. The summed E-state index contributed by atoms with van der Waals surface area (Å²) in [4.78, 5) is 55.0. The van der Waals surface area contributed by atoms with Crippen LogP contribution in [0.25, 0.3) is 0 Å². The van der Waals surface area contributed by atoms with Crippen LogP contribution in [0, 0.1) is 40.9 Å². The Labute approximate surface area is 225 Å². The molecule has 214 valence electrons. The molecule has 0 aromatic heterocycles. The summed E-state index contributed by atoms with van der Waals surface area (Å²) < 4.78 is 39.9. The molecule has 10 nitrogen and oxygen atoms in total. The van der Waals surface area contributed by atoms with Crippen LogP contribution in [0.3, 0.4) is 0 Å². The Kier molecular flexibility index (Phi) is 7.52. The summed E-state index contributed by atoms with van der Waals surface area (Å²) in [6.45, 7) is 2.10. The fourth-order valence-corrected chi connectivity index (χ4v) is 7.82. The third-order valence-electron chi connectivity index (χ3n) is 9.52. The minimum atomic E-state index is -5.14. The number of likely N-dealkylation sites (tertiary alicyclic amines) is 2. The van der Waals surface area contributed by atoms with Crippen LogP contribution in [0.4, 0.5) is 13.2 Å². The van der Waals surface area contributed by atoms with Gasteiger partial charge < -0.3 is 25.8 Å². The van der Waals surface area contributed by atoms with Crippen molar-refractivity contribution in [3.63, 3.8) is 0 Å². The van der Waals surface area contributed by atoms with Gasteiger partial charge in [0.15, 0.2) is 0 Å². The maximum Gasteiger partial charge on any atom is 0.471 e. The van der Waals surface area contributed by atoms with E-state index in [4.69, 9.17) is 0 Å². The molecule has 3 N–H and O–H groups in total. The van der Waals surface area contributed by atoms with Crippen molar-refractivity contribution in [3.05, 3.63) is 0 Å². The Morgan fingerprint density at radius 2 is 1.77 bits per heavy atom. The summed E-state index contributed by atoms with van der Waals surface area (Å²) in [5.41, 5.74) is 0. The molecule has 3 saturated heterocycles. The molecule has 3 heterocycles. The van der Waals surface area contributed by atoms with E-state index in [0.29, 0.717) is 45.1 Å². The molecule has 5 fully saturated rings. The summed E-state index contributed by atoms with van der Waals surface area (Å²) in [5, 5.41) is 17.0. The summed E-state index contributed by atoms with van der Waals surface area (Å²) in [5.74, 6) is -4.04. The number of alkyl halides is 3. The quantitative estimate of drug-likeness (QED) is 0.422. The molecule has 5 rings (SSSR count). The Morgan fingerprint density at radius 3 is 2.36 bits per heavy atom. The zero-order valence-corrected chi connectivity index (χ0v) is 21.9. The van der Waals surface area contributed by atoms with Crippen LogP contribution in [-0.4, -0.2) is 90.5 Å². The third kappa shape index (κ3) is 5.44. The highest BCUT2D eigenvalue weighted by Crippen LogP contribution is 2.46. The van der Waals surface area contributed by atoms with Gasteiger partial charge in [0.05, 0.1) is 6.07 Å². The monoisotopic (exact) mass is 552 g/mol. The molecular weight excluding hydrogens is 517 g/mol. The predicted octanol–water partition coefficient (Wildman–Crippen LogP) is 0.535. The first-order valence-corrected chi connectivity index (χ1v) is 13.8. The van der Waals surface area contributed by atoms with Crippen LogP contribution in [0.1, 0.15) is 44.9 Å². The molecule has 3 aliphatic heterocycles. The summed E-state index contributed by atoms with van der Waals surface area (Å²) in [7, 11) is 1.99. The molecule has 2 saturated carbocycles. The number of carbonyl (C=O) groups excluding carboxylic acids is 4. The van der Waals surface area contributed by atoms with Crippen molar-refractivity contribution in [1.29, 1.82) is 5.26 Å². The van der Waals surface area contributed by atoms with Crippen LogP contribution < -0.4 is 16.0 Å². The molecule has 2 aliphatic carbocycles. The average molecular weight is 553 g/mol. The highest BCUT2D eigenvalue weighted by Gasteiger charge is 2.55. The van der Waals surface area contributed by atoms with E-state index in [1.54, 1.807) is 0 Å². The van der Waals surface area contributed by atoms with Gasteiger partial charge in [0.25, 0.3) is 0 Å². The first-order chi connectivity index (χ1) is 18.5. The topological polar surface area (TPSA) is 135 Å². The van der Waals surface area contributed by atoms with E-state index in [1.807, 2.05) is 18.4 Å². The average Bonchev–Trinajstić information content (AvgIpc) is 3.68. The fourth-order valence-electron chi connectivity index (χ4n) is 7.82. The van der Waals surface area contributed by atoms with E-state index in [2.05, 4.69) is 15.5 Å². The number of hydrogen-bond donors (Lipinski definition) is 3. The van der Waals surface area contributed by atoms with Crippen molar-refractivity contribution in [3.8, 4) is 6.07 Å². The molecule has 2 bridgehead atoms. The number of nitrogens with zero attached hydrogens (tertiary/aromatic N) is 3. The van der Waals surface area contributed by atoms with Gasteiger partial charge in [-0.15, -0.1) is 0 Å². The van der Waals surface area contributed by atoms with Crippen molar-refractivity contribution in [2.45, 2.75) is 75.3 Å². The van der Waals surface area contributed by atoms with Crippen molar-refractivity contribution in [1.82, 2.24) is 25.8 Å². The molecule has 4 amide bonds. The molecule has 8 atom stereocenters. The summed E-state index contributed by atoms with van der Waals surface area (Å²) in [6.07, 6.45) is -1.51. The van der Waals surface area contributed by atoms with Crippen LogP contribution >= 0.6 is 0 Å². The Morgan fingerprint density at radius 1 is 1.08 bits per heavy atom. The predicted molar refractivity (Wildman–Crippen MR) is 130 cm³/mol. The van der Waals surface area contributed by atoms with Crippen LogP contribution in [0.15, 0.2) is 0 Å². The van der Waals surface area contributed by atoms with Gasteiger partial charge in [-0.1, -0.05) is 0 Å². The van der Waals surface area contributed by atoms with Crippen LogP contribution in [0.5, 0.6) is 0 Å². The molecule has 2 unspecified atom stereocenters. The molecule has 0 spiro atoms. The second kappa shape index (κ2) is 10.6. The molecule has 0 aromatic rings. The number of halogens is 3. The van der Waals surface area contributed by atoms with Crippen molar-refractivity contribution < 1.29 is 32.3 Å². The van der Waals surface area contributed by atoms with Gasteiger partial charge in [-0.3, -0.25) is 19.2 Å². The first kappa shape index (κ1) is 27.7. The zero-order chi connectivity index (χ0) is 28.1.